The zero-order valence-electron chi connectivity index (χ0n) is 10.2. The Bertz CT molecular complexity index is 313. The van der Waals surface area contributed by atoms with Crippen LogP contribution in [0.4, 0.5) is 0 Å². The van der Waals surface area contributed by atoms with E-state index in [0.717, 1.165) is 25.9 Å². The molecule has 2 saturated heterocycles. The number of hydrogen-bond donors (Lipinski definition) is 2. The SMILES string of the molecule is CC1CN(C(=O)C2CCCNC2)CC1C(=O)O. The zero-order valence-corrected chi connectivity index (χ0v) is 10.2. The summed E-state index contributed by atoms with van der Waals surface area (Å²) in [6.07, 6.45) is 1.95. The van der Waals surface area contributed by atoms with E-state index in [1.54, 1.807) is 4.90 Å². The lowest BCUT2D eigenvalue weighted by Crippen LogP contribution is -2.42. The summed E-state index contributed by atoms with van der Waals surface area (Å²) in [5, 5.41) is 12.3. The number of nitrogens with zero attached hydrogens (tertiary/aromatic N) is 1. The molecule has 0 bridgehead atoms. The van der Waals surface area contributed by atoms with Gasteiger partial charge in [-0.3, -0.25) is 9.59 Å². The van der Waals surface area contributed by atoms with Gasteiger partial charge in [-0.05, 0) is 25.3 Å². The van der Waals surface area contributed by atoms with Crippen LogP contribution in [0.25, 0.3) is 0 Å². The molecule has 0 aromatic rings. The van der Waals surface area contributed by atoms with Gasteiger partial charge < -0.3 is 15.3 Å². The van der Waals surface area contributed by atoms with E-state index < -0.39 is 11.9 Å². The fraction of sp³-hybridized carbons (Fsp3) is 0.833. The topological polar surface area (TPSA) is 69.6 Å². The third-order valence-electron chi connectivity index (χ3n) is 3.89. The van der Waals surface area contributed by atoms with Gasteiger partial charge >= 0.3 is 5.97 Å². The third kappa shape index (κ3) is 2.60. The monoisotopic (exact) mass is 240 g/mol. The third-order valence-corrected chi connectivity index (χ3v) is 3.89. The smallest absolute Gasteiger partial charge is 0.308 e. The maximum Gasteiger partial charge on any atom is 0.308 e. The van der Waals surface area contributed by atoms with Crippen molar-refractivity contribution >= 4 is 11.9 Å². The number of carboxylic acids is 1. The molecule has 0 radical (unpaired) electrons. The molecule has 3 unspecified atom stereocenters. The van der Waals surface area contributed by atoms with Crippen molar-refractivity contribution in [1.29, 1.82) is 0 Å². The number of piperidine rings is 1. The molecule has 2 heterocycles. The minimum absolute atomic E-state index is 0.0449. The van der Waals surface area contributed by atoms with Crippen LogP contribution in [0.3, 0.4) is 0 Å². The van der Waals surface area contributed by atoms with E-state index >= 15 is 0 Å². The van der Waals surface area contributed by atoms with Gasteiger partial charge in [0.1, 0.15) is 0 Å². The molecular weight excluding hydrogens is 220 g/mol. The molecule has 2 rings (SSSR count). The van der Waals surface area contributed by atoms with Crippen molar-refractivity contribution in [3.8, 4) is 0 Å². The zero-order chi connectivity index (χ0) is 12.4. The lowest BCUT2D eigenvalue weighted by atomic mass is 9.98. The molecule has 0 aliphatic carbocycles. The Morgan fingerprint density at radius 2 is 2.12 bits per heavy atom. The van der Waals surface area contributed by atoms with Crippen molar-refractivity contribution < 1.29 is 14.7 Å². The maximum atomic E-state index is 12.2. The fourth-order valence-electron chi connectivity index (χ4n) is 2.79. The number of rotatable bonds is 2. The number of hydrogen-bond acceptors (Lipinski definition) is 3. The first-order chi connectivity index (χ1) is 8.09. The van der Waals surface area contributed by atoms with Crippen LogP contribution in [-0.4, -0.2) is 48.1 Å². The van der Waals surface area contributed by atoms with Crippen molar-refractivity contribution in [3.63, 3.8) is 0 Å². The summed E-state index contributed by atoms with van der Waals surface area (Å²) in [7, 11) is 0. The highest BCUT2D eigenvalue weighted by Crippen LogP contribution is 2.25. The number of carbonyl (C=O) groups is 2. The molecule has 3 atom stereocenters. The normalized spacial score (nSPS) is 33.7. The van der Waals surface area contributed by atoms with Crippen molar-refractivity contribution in [2.75, 3.05) is 26.2 Å². The van der Waals surface area contributed by atoms with Crippen LogP contribution in [0.2, 0.25) is 0 Å². The Labute approximate surface area is 101 Å². The summed E-state index contributed by atoms with van der Waals surface area (Å²) in [5.41, 5.74) is 0. The summed E-state index contributed by atoms with van der Waals surface area (Å²) in [5.74, 6) is -0.936. The number of likely N-dealkylation sites (tertiary alicyclic amines) is 1. The first-order valence-electron chi connectivity index (χ1n) is 6.32. The maximum absolute atomic E-state index is 12.2. The highest BCUT2D eigenvalue weighted by molar-refractivity contribution is 5.81. The summed E-state index contributed by atoms with van der Waals surface area (Å²) < 4.78 is 0. The number of nitrogens with one attached hydrogen (secondary N) is 1. The lowest BCUT2D eigenvalue weighted by Gasteiger charge is -2.26. The van der Waals surface area contributed by atoms with E-state index in [4.69, 9.17) is 5.11 Å². The number of carboxylic acid groups (broad SMARTS) is 1. The molecule has 5 nitrogen and oxygen atoms in total. The van der Waals surface area contributed by atoms with Crippen molar-refractivity contribution in [3.05, 3.63) is 0 Å². The van der Waals surface area contributed by atoms with Gasteiger partial charge in [-0.25, -0.2) is 0 Å². The van der Waals surface area contributed by atoms with Gasteiger partial charge in [-0.1, -0.05) is 6.92 Å². The lowest BCUT2D eigenvalue weighted by molar-refractivity contribution is -0.142. The first kappa shape index (κ1) is 12.4. The second-order valence-corrected chi connectivity index (χ2v) is 5.21. The first-order valence-corrected chi connectivity index (χ1v) is 6.32. The molecule has 2 aliphatic rings. The molecule has 2 aliphatic heterocycles. The van der Waals surface area contributed by atoms with E-state index in [1.807, 2.05) is 6.92 Å². The highest BCUT2D eigenvalue weighted by atomic mass is 16.4. The molecule has 17 heavy (non-hydrogen) atoms. The van der Waals surface area contributed by atoms with Gasteiger partial charge in [0, 0.05) is 19.6 Å². The van der Waals surface area contributed by atoms with Crippen LogP contribution in [0.5, 0.6) is 0 Å². The second-order valence-electron chi connectivity index (χ2n) is 5.21. The molecular formula is C12H20N2O3. The summed E-state index contributed by atoms with van der Waals surface area (Å²) in [4.78, 5) is 25.0. The predicted octanol–water partition coefficient (Wildman–Crippen LogP) is 0.165. The van der Waals surface area contributed by atoms with Crippen LogP contribution >= 0.6 is 0 Å². The van der Waals surface area contributed by atoms with Crippen molar-refractivity contribution in [2.45, 2.75) is 19.8 Å². The van der Waals surface area contributed by atoms with Crippen LogP contribution < -0.4 is 5.32 Å². The van der Waals surface area contributed by atoms with Crippen LogP contribution in [0.1, 0.15) is 19.8 Å². The Hall–Kier alpha value is -1.10. The Morgan fingerprint density at radius 3 is 2.65 bits per heavy atom. The molecule has 0 spiro atoms. The molecule has 2 N–H and O–H groups in total. The Kier molecular flexibility index (Phi) is 3.66. The predicted molar refractivity (Wildman–Crippen MR) is 62.5 cm³/mol. The van der Waals surface area contributed by atoms with E-state index in [-0.39, 0.29) is 17.7 Å². The number of carbonyl (C=O) groups excluding carboxylic acids is 1. The molecule has 0 aromatic heterocycles. The van der Waals surface area contributed by atoms with Gasteiger partial charge in [0.15, 0.2) is 0 Å². The van der Waals surface area contributed by atoms with Crippen LogP contribution in [-0.2, 0) is 9.59 Å². The Balaban J connectivity index is 1.94. The summed E-state index contributed by atoms with van der Waals surface area (Å²) in [6.45, 7) is 4.60. The standard InChI is InChI=1S/C12H20N2O3/c1-8-6-14(7-10(8)12(16)17)11(15)9-3-2-4-13-5-9/h8-10,13H,2-7H2,1H3,(H,16,17). The molecule has 0 saturated carbocycles. The van der Waals surface area contributed by atoms with Gasteiger partial charge in [-0.15, -0.1) is 0 Å². The minimum atomic E-state index is -0.783. The van der Waals surface area contributed by atoms with Crippen LogP contribution in [0, 0.1) is 17.8 Å². The average molecular weight is 240 g/mol. The van der Waals surface area contributed by atoms with Gasteiger partial charge in [0.05, 0.1) is 11.8 Å². The van der Waals surface area contributed by atoms with E-state index in [1.165, 1.54) is 0 Å². The minimum Gasteiger partial charge on any atom is -0.481 e. The molecule has 1 amide bonds. The molecule has 96 valence electrons. The van der Waals surface area contributed by atoms with Gasteiger partial charge in [0.25, 0.3) is 0 Å². The molecule has 0 aromatic carbocycles. The fourth-order valence-corrected chi connectivity index (χ4v) is 2.79. The summed E-state index contributed by atoms with van der Waals surface area (Å²) in [6, 6.07) is 0. The van der Waals surface area contributed by atoms with E-state index in [9.17, 15) is 9.59 Å². The molecule has 5 heteroatoms. The largest absolute Gasteiger partial charge is 0.481 e. The average Bonchev–Trinajstić information content (AvgIpc) is 2.71. The van der Waals surface area contributed by atoms with Crippen molar-refractivity contribution in [1.82, 2.24) is 10.2 Å². The number of aliphatic carboxylic acids is 1. The summed E-state index contributed by atoms with van der Waals surface area (Å²) >= 11 is 0. The number of amides is 1. The van der Waals surface area contributed by atoms with Crippen LogP contribution in [0.15, 0.2) is 0 Å². The van der Waals surface area contributed by atoms with Gasteiger partial charge in [-0.2, -0.15) is 0 Å². The Morgan fingerprint density at radius 1 is 1.35 bits per heavy atom. The van der Waals surface area contributed by atoms with Gasteiger partial charge in [0.2, 0.25) is 5.91 Å². The van der Waals surface area contributed by atoms with E-state index in [2.05, 4.69) is 5.32 Å². The highest BCUT2D eigenvalue weighted by Gasteiger charge is 2.38. The van der Waals surface area contributed by atoms with E-state index in [0.29, 0.717) is 13.1 Å². The molecule has 2 fully saturated rings. The van der Waals surface area contributed by atoms with Crippen molar-refractivity contribution in [2.24, 2.45) is 17.8 Å². The second kappa shape index (κ2) is 5.04. The quantitative estimate of drug-likeness (QED) is 0.721.